The highest BCUT2D eigenvalue weighted by Crippen LogP contribution is 2.52. The molecule has 178 valence electrons. The van der Waals surface area contributed by atoms with E-state index in [1.807, 2.05) is 0 Å². The average Bonchev–Trinajstić information content (AvgIpc) is 3.16. The number of carbonyl (C=O) groups is 1. The number of aromatic nitrogens is 3. The molecule has 3 saturated carbocycles. The van der Waals surface area contributed by atoms with Crippen molar-refractivity contribution in [1.29, 1.82) is 0 Å². The first-order valence-corrected chi connectivity index (χ1v) is 13.4. The van der Waals surface area contributed by atoms with E-state index < -0.39 is 0 Å². The van der Waals surface area contributed by atoms with Crippen LogP contribution in [0.1, 0.15) is 77.0 Å². The van der Waals surface area contributed by atoms with Gasteiger partial charge in [-0.25, -0.2) is 5.43 Å². The molecule has 4 atom stereocenters. The molecule has 8 nitrogen and oxygen atoms in total. The highest BCUT2D eigenvalue weighted by atomic mass is 16.1. The first-order chi connectivity index (χ1) is 16.3. The van der Waals surface area contributed by atoms with Gasteiger partial charge < -0.3 is 9.80 Å². The molecule has 0 amide bonds. The number of Topliss-reactive ketones (excluding diaryl/α,β-unsaturated/α-hetero) is 1. The third-order valence-corrected chi connectivity index (χ3v) is 8.76. The number of carbonyl (C=O) groups excluding carboxylic acids is 1. The van der Waals surface area contributed by atoms with Gasteiger partial charge in [0, 0.05) is 38.0 Å². The topological polar surface area (TPSA) is 86.6 Å². The zero-order valence-corrected chi connectivity index (χ0v) is 19.7. The summed E-state index contributed by atoms with van der Waals surface area (Å²) >= 11 is 0. The SMILES string of the molecule is O=C1/C(=N\Nc2nc(N3CCCCC3)nc(N3CCCCC3)n2)C2CCCC3CCCC1C32. The molecular weight excluding hydrogens is 414 g/mol. The number of nitrogens with one attached hydrogen (secondary N) is 1. The maximum absolute atomic E-state index is 13.3. The van der Waals surface area contributed by atoms with Gasteiger partial charge in [-0.15, -0.1) is 0 Å². The number of nitrogens with zero attached hydrogens (tertiary/aromatic N) is 6. The number of rotatable bonds is 4. The zero-order chi connectivity index (χ0) is 22.2. The molecule has 2 saturated heterocycles. The molecule has 3 heterocycles. The highest BCUT2D eigenvalue weighted by molar-refractivity contribution is 6.43. The number of ketones is 1. The van der Waals surface area contributed by atoms with Crippen LogP contribution in [-0.2, 0) is 4.79 Å². The van der Waals surface area contributed by atoms with Crippen LogP contribution in [0.3, 0.4) is 0 Å². The number of piperidine rings is 2. The Morgan fingerprint density at radius 2 is 1.27 bits per heavy atom. The highest BCUT2D eigenvalue weighted by Gasteiger charge is 2.53. The van der Waals surface area contributed by atoms with Crippen molar-refractivity contribution in [2.24, 2.45) is 28.8 Å². The number of hydrogen-bond donors (Lipinski definition) is 1. The molecule has 1 N–H and O–H groups in total. The van der Waals surface area contributed by atoms with Crippen molar-refractivity contribution in [1.82, 2.24) is 15.0 Å². The normalized spacial score (nSPS) is 33.3. The van der Waals surface area contributed by atoms with Crippen LogP contribution >= 0.6 is 0 Å². The molecule has 0 radical (unpaired) electrons. The summed E-state index contributed by atoms with van der Waals surface area (Å²) in [5, 5.41) is 4.72. The first kappa shape index (κ1) is 21.3. The van der Waals surface area contributed by atoms with Crippen molar-refractivity contribution < 1.29 is 4.79 Å². The van der Waals surface area contributed by atoms with E-state index in [0.717, 1.165) is 56.6 Å². The Balaban J connectivity index is 1.28. The lowest BCUT2D eigenvalue weighted by molar-refractivity contribution is -0.118. The molecule has 1 aromatic heterocycles. The molecule has 6 rings (SSSR count). The summed E-state index contributed by atoms with van der Waals surface area (Å²) in [5.74, 6) is 4.01. The van der Waals surface area contributed by atoms with E-state index in [1.165, 1.54) is 64.2 Å². The predicted octanol–water partition coefficient (Wildman–Crippen LogP) is 4.04. The molecule has 5 aliphatic rings. The Morgan fingerprint density at radius 1 is 0.697 bits per heavy atom. The lowest BCUT2D eigenvalue weighted by Crippen LogP contribution is -2.34. The fraction of sp³-hybridized carbons (Fsp3) is 0.800. The van der Waals surface area contributed by atoms with Crippen LogP contribution in [0.15, 0.2) is 5.10 Å². The summed E-state index contributed by atoms with van der Waals surface area (Å²) in [5.41, 5.74) is 3.90. The molecule has 4 unspecified atom stereocenters. The second-order valence-electron chi connectivity index (χ2n) is 10.7. The van der Waals surface area contributed by atoms with Crippen LogP contribution < -0.4 is 15.2 Å². The van der Waals surface area contributed by atoms with Crippen LogP contribution in [0.4, 0.5) is 17.8 Å². The minimum absolute atomic E-state index is 0.195. The van der Waals surface area contributed by atoms with Gasteiger partial charge in [0.1, 0.15) is 5.71 Å². The van der Waals surface area contributed by atoms with Crippen LogP contribution in [-0.4, -0.2) is 52.6 Å². The van der Waals surface area contributed by atoms with Crippen molar-refractivity contribution in [2.75, 3.05) is 41.4 Å². The summed E-state index contributed by atoms with van der Waals surface area (Å²) < 4.78 is 0. The maximum Gasteiger partial charge on any atom is 0.250 e. The second kappa shape index (κ2) is 9.18. The zero-order valence-electron chi connectivity index (χ0n) is 19.7. The van der Waals surface area contributed by atoms with Gasteiger partial charge in [-0.05, 0) is 63.2 Å². The van der Waals surface area contributed by atoms with Gasteiger partial charge in [-0.2, -0.15) is 20.1 Å². The standard InChI is InChI=1S/C25H37N7O/c33-22-19-12-8-10-17-9-7-11-18(20(17)19)21(22)29-30-23-26-24(31-13-3-1-4-14-31)28-25(27-23)32-15-5-2-6-16-32/h17-20H,1-16H2,(H,26,27,28,30)/b29-21-. The summed E-state index contributed by atoms with van der Waals surface area (Å²) in [6.07, 6.45) is 14.4. The Hall–Kier alpha value is -2.25. The summed E-state index contributed by atoms with van der Waals surface area (Å²) in [7, 11) is 0. The van der Waals surface area contributed by atoms with Crippen molar-refractivity contribution in [3.63, 3.8) is 0 Å². The van der Waals surface area contributed by atoms with Gasteiger partial charge >= 0.3 is 0 Å². The molecule has 0 bridgehead atoms. The van der Waals surface area contributed by atoms with E-state index in [-0.39, 0.29) is 11.7 Å². The summed E-state index contributed by atoms with van der Waals surface area (Å²) in [6.45, 7) is 3.96. The van der Waals surface area contributed by atoms with Gasteiger partial charge in [-0.1, -0.05) is 25.7 Å². The molecule has 0 spiro atoms. The van der Waals surface area contributed by atoms with Gasteiger partial charge in [0.05, 0.1) is 0 Å². The Labute approximate surface area is 196 Å². The van der Waals surface area contributed by atoms with E-state index in [0.29, 0.717) is 23.7 Å². The lowest BCUT2D eigenvalue weighted by atomic mass is 9.65. The monoisotopic (exact) mass is 451 g/mol. The third-order valence-electron chi connectivity index (χ3n) is 8.76. The molecule has 0 aromatic carbocycles. The lowest BCUT2D eigenvalue weighted by Gasteiger charge is -2.39. The third kappa shape index (κ3) is 4.10. The van der Waals surface area contributed by atoms with Crippen LogP contribution in [0.2, 0.25) is 0 Å². The average molecular weight is 452 g/mol. The van der Waals surface area contributed by atoms with Crippen molar-refractivity contribution in [2.45, 2.75) is 77.0 Å². The van der Waals surface area contributed by atoms with Gasteiger partial charge in [-0.3, -0.25) is 4.79 Å². The quantitative estimate of drug-likeness (QED) is 0.692. The van der Waals surface area contributed by atoms with Crippen molar-refractivity contribution in [3.8, 4) is 0 Å². The molecule has 8 heteroatoms. The van der Waals surface area contributed by atoms with E-state index in [1.54, 1.807) is 0 Å². The minimum atomic E-state index is 0.195. The van der Waals surface area contributed by atoms with Crippen LogP contribution in [0.5, 0.6) is 0 Å². The smallest absolute Gasteiger partial charge is 0.250 e. The minimum Gasteiger partial charge on any atom is -0.341 e. The molecule has 3 aliphatic carbocycles. The Kier molecular flexibility index (Phi) is 5.93. The largest absolute Gasteiger partial charge is 0.341 e. The Morgan fingerprint density at radius 3 is 1.88 bits per heavy atom. The van der Waals surface area contributed by atoms with Crippen molar-refractivity contribution >= 4 is 29.3 Å². The Bertz CT molecular complexity index is 868. The first-order valence-electron chi connectivity index (χ1n) is 13.4. The summed E-state index contributed by atoms with van der Waals surface area (Å²) in [6, 6.07) is 0. The molecular formula is C25H37N7O. The van der Waals surface area contributed by atoms with Gasteiger partial charge in [0.2, 0.25) is 17.8 Å². The number of anilines is 3. The predicted molar refractivity (Wildman–Crippen MR) is 130 cm³/mol. The fourth-order valence-electron chi connectivity index (χ4n) is 7.17. The van der Waals surface area contributed by atoms with Crippen LogP contribution in [0.25, 0.3) is 0 Å². The van der Waals surface area contributed by atoms with Crippen LogP contribution in [0, 0.1) is 23.7 Å². The van der Waals surface area contributed by atoms with E-state index in [2.05, 4.69) is 15.2 Å². The van der Waals surface area contributed by atoms with E-state index >= 15 is 0 Å². The summed E-state index contributed by atoms with van der Waals surface area (Å²) in [4.78, 5) is 32.2. The molecule has 33 heavy (non-hydrogen) atoms. The molecule has 5 fully saturated rings. The van der Waals surface area contributed by atoms with Gasteiger partial charge in [0.25, 0.3) is 0 Å². The van der Waals surface area contributed by atoms with E-state index in [4.69, 9.17) is 20.1 Å². The maximum atomic E-state index is 13.3. The van der Waals surface area contributed by atoms with Crippen molar-refractivity contribution in [3.05, 3.63) is 0 Å². The molecule has 2 aliphatic heterocycles. The van der Waals surface area contributed by atoms with E-state index in [9.17, 15) is 4.79 Å². The number of hydrogen-bond acceptors (Lipinski definition) is 8. The second-order valence-corrected chi connectivity index (χ2v) is 10.7. The van der Waals surface area contributed by atoms with Gasteiger partial charge in [0.15, 0.2) is 5.78 Å². The fourth-order valence-corrected chi connectivity index (χ4v) is 7.17. The number of hydrazone groups is 1. The molecule has 1 aromatic rings.